The zero-order chi connectivity index (χ0) is 15.4. The zero-order valence-corrected chi connectivity index (χ0v) is 13.9. The van der Waals surface area contributed by atoms with Gasteiger partial charge < -0.3 is 10.0 Å². The van der Waals surface area contributed by atoms with Crippen LogP contribution in [0, 0.1) is 17.7 Å². The van der Waals surface area contributed by atoms with Gasteiger partial charge in [-0.1, -0.05) is 27.7 Å². The molecule has 0 bridgehead atoms. The third-order valence-electron chi connectivity index (χ3n) is 2.80. The van der Waals surface area contributed by atoms with Crippen LogP contribution in [0.3, 0.4) is 0 Å². The van der Waals surface area contributed by atoms with Crippen LogP contribution in [0.25, 0.3) is 0 Å². The van der Waals surface area contributed by atoms with Crippen molar-refractivity contribution >= 4 is 27.6 Å². The Balaban J connectivity index is 3.20. The van der Waals surface area contributed by atoms with Crippen LogP contribution in [0.4, 0.5) is 10.1 Å². The van der Waals surface area contributed by atoms with E-state index >= 15 is 0 Å². The van der Waals surface area contributed by atoms with Gasteiger partial charge in [-0.2, -0.15) is 0 Å². The molecular weight excluding hydrogens is 325 g/mol. The second kappa shape index (κ2) is 7.07. The Labute approximate surface area is 127 Å². The molecule has 0 spiro atoms. The Hall–Kier alpha value is -1.10. The van der Waals surface area contributed by atoms with E-state index in [0.29, 0.717) is 17.5 Å². The predicted molar refractivity (Wildman–Crippen MR) is 82.9 cm³/mol. The van der Waals surface area contributed by atoms with Gasteiger partial charge in [-0.25, -0.2) is 9.18 Å². The minimum atomic E-state index is -1.14. The first-order chi connectivity index (χ1) is 9.23. The summed E-state index contributed by atoms with van der Waals surface area (Å²) >= 11 is 3.05. The molecule has 1 N–H and O–H groups in total. The number of nitrogens with zero attached hydrogens (tertiary/aromatic N) is 1. The molecule has 112 valence electrons. The Kier molecular flexibility index (Phi) is 5.99. The van der Waals surface area contributed by atoms with Crippen molar-refractivity contribution in [3.63, 3.8) is 0 Å². The van der Waals surface area contributed by atoms with Gasteiger partial charge in [0.15, 0.2) is 5.82 Å². The number of aromatic carboxylic acids is 1. The first-order valence-corrected chi connectivity index (χ1v) is 7.49. The van der Waals surface area contributed by atoms with E-state index in [-0.39, 0.29) is 10.0 Å². The number of rotatable bonds is 6. The van der Waals surface area contributed by atoms with Gasteiger partial charge in [0.2, 0.25) is 0 Å². The van der Waals surface area contributed by atoms with Gasteiger partial charge >= 0.3 is 5.97 Å². The first-order valence-electron chi connectivity index (χ1n) is 6.70. The Bertz CT molecular complexity index is 479. The van der Waals surface area contributed by atoms with Crippen LogP contribution >= 0.6 is 15.9 Å². The van der Waals surface area contributed by atoms with Crippen LogP contribution in [0.15, 0.2) is 16.6 Å². The van der Waals surface area contributed by atoms with Gasteiger partial charge in [-0.05, 0) is 39.9 Å². The van der Waals surface area contributed by atoms with E-state index in [9.17, 15) is 9.18 Å². The summed E-state index contributed by atoms with van der Waals surface area (Å²) < 4.78 is 14.4. The molecule has 1 aromatic carbocycles. The third-order valence-corrected chi connectivity index (χ3v) is 3.58. The average Bonchev–Trinajstić information content (AvgIpc) is 2.30. The highest BCUT2D eigenvalue weighted by Crippen LogP contribution is 2.30. The zero-order valence-electron chi connectivity index (χ0n) is 12.3. The second-order valence-corrected chi connectivity index (χ2v) is 6.55. The van der Waals surface area contributed by atoms with Crippen LogP contribution in [-0.4, -0.2) is 24.2 Å². The molecule has 0 saturated carbocycles. The topological polar surface area (TPSA) is 40.5 Å². The van der Waals surface area contributed by atoms with Crippen molar-refractivity contribution in [1.29, 1.82) is 0 Å². The molecule has 0 aliphatic rings. The van der Waals surface area contributed by atoms with Crippen molar-refractivity contribution in [3.8, 4) is 0 Å². The normalized spacial score (nSPS) is 11.2. The standard InChI is InChI=1S/C15H21BrFNO2/c1-9(2)7-18(8-10(3)4)12-6-5-11(15(19)20)13(16)14(12)17/h5-6,9-10H,7-8H2,1-4H3,(H,19,20). The first kappa shape index (κ1) is 17.0. The lowest BCUT2D eigenvalue weighted by molar-refractivity contribution is 0.0695. The molecule has 0 aromatic heterocycles. The van der Waals surface area contributed by atoms with Gasteiger partial charge in [-0.3, -0.25) is 0 Å². The van der Waals surface area contributed by atoms with Crippen molar-refractivity contribution in [2.75, 3.05) is 18.0 Å². The van der Waals surface area contributed by atoms with Gasteiger partial charge in [-0.15, -0.1) is 0 Å². The largest absolute Gasteiger partial charge is 0.478 e. The lowest BCUT2D eigenvalue weighted by Crippen LogP contribution is -2.32. The number of halogens is 2. The number of anilines is 1. The van der Waals surface area contributed by atoms with E-state index in [0.717, 1.165) is 13.1 Å². The van der Waals surface area contributed by atoms with Crippen molar-refractivity contribution in [2.24, 2.45) is 11.8 Å². The van der Waals surface area contributed by atoms with Gasteiger partial charge in [0.05, 0.1) is 15.7 Å². The van der Waals surface area contributed by atoms with Crippen molar-refractivity contribution in [3.05, 3.63) is 28.0 Å². The molecule has 20 heavy (non-hydrogen) atoms. The summed E-state index contributed by atoms with van der Waals surface area (Å²) in [6.45, 7) is 9.76. The van der Waals surface area contributed by atoms with Crippen molar-refractivity contribution in [1.82, 2.24) is 0 Å². The van der Waals surface area contributed by atoms with E-state index in [4.69, 9.17) is 5.11 Å². The monoisotopic (exact) mass is 345 g/mol. The highest BCUT2D eigenvalue weighted by molar-refractivity contribution is 9.10. The fourth-order valence-corrected chi connectivity index (χ4v) is 2.61. The summed E-state index contributed by atoms with van der Waals surface area (Å²) in [6, 6.07) is 2.99. The minimum Gasteiger partial charge on any atom is -0.478 e. The highest BCUT2D eigenvalue weighted by Gasteiger charge is 2.20. The van der Waals surface area contributed by atoms with E-state index in [2.05, 4.69) is 43.6 Å². The van der Waals surface area contributed by atoms with Crippen molar-refractivity contribution in [2.45, 2.75) is 27.7 Å². The highest BCUT2D eigenvalue weighted by atomic mass is 79.9. The molecule has 0 unspecified atom stereocenters. The van der Waals surface area contributed by atoms with E-state index < -0.39 is 11.8 Å². The lowest BCUT2D eigenvalue weighted by atomic mass is 10.1. The van der Waals surface area contributed by atoms with Crippen LogP contribution in [-0.2, 0) is 0 Å². The number of carboxylic acid groups (broad SMARTS) is 1. The Morgan fingerprint density at radius 1 is 1.25 bits per heavy atom. The smallest absolute Gasteiger partial charge is 0.336 e. The molecule has 3 nitrogen and oxygen atoms in total. The summed E-state index contributed by atoms with van der Waals surface area (Å²) in [5, 5.41) is 9.00. The average molecular weight is 346 g/mol. The summed E-state index contributed by atoms with van der Waals surface area (Å²) in [5.74, 6) is -0.857. The molecule has 1 rings (SSSR count). The van der Waals surface area contributed by atoms with E-state index in [1.807, 2.05) is 4.90 Å². The van der Waals surface area contributed by atoms with Crippen LogP contribution < -0.4 is 4.90 Å². The third kappa shape index (κ3) is 4.20. The summed E-state index contributed by atoms with van der Waals surface area (Å²) in [7, 11) is 0. The molecule has 0 saturated heterocycles. The molecule has 0 aliphatic carbocycles. The number of hydrogen-bond donors (Lipinski definition) is 1. The molecule has 5 heteroatoms. The summed E-state index contributed by atoms with van der Waals surface area (Å²) in [5.41, 5.74) is 0.393. The van der Waals surface area contributed by atoms with Crippen LogP contribution in [0.5, 0.6) is 0 Å². The molecule has 1 aromatic rings. The Morgan fingerprint density at radius 2 is 1.75 bits per heavy atom. The minimum absolute atomic E-state index is 0.0139. The fraction of sp³-hybridized carbons (Fsp3) is 0.533. The maximum absolute atomic E-state index is 14.4. The van der Waals surface area contributed by atoms with E-state index in [1.54, 1.807) is 6.07 Å². The lowest BCUT2D eigenvalue weighted by Gasteiger charge is -2.29. The molecular formula is C15H21BrFNO2. The summed E-state index contributed by atoms with van der Waals surface area (Å²) in [6.07, 6.45) is 0. The quantitative estimate of drug-likeness (QED) is 0.830. The van der Waals surface area contributed by atoms with E-state index in [1.165, 1.54) is 6.07 Å². The van der Waals surface area contributed by atoms with Crippen LogP contribution in [0.1, 0.15) is 38.1 Å². The number of carboxylic acids is 1. The van der Waals surface area contributed by atoms with Gasteiger partial charge in [0, 0.05) is 13.1 Å². The maximum Gasteiger partial charge on any atom is 0.336 e. The molecule has 0 radical (unpaired) electrons. The summed E-state index contributed by atoms with van der Waals surface area (Å²) in [4.78, 5) is 13.0. The number of hydrogen-bond acceptors (Lipinski definition) is 2. The number of carbonyl (C=O) groups is 1. The van der Waals surface area contributed by atoms with Gasteiger partial charge in [0.25, 0.3) is 0 Å². The molecule has 0 fully saturated rings. The molecule has 0 atom stereocenters. The Morgan fingerprint density at radius 3 is 2.15 bits per heavy atom. The second-order valence-electron chi connectivity index (χ2n) is 5.76. The van der Waals surface area contributed by atoms with Gasteiger partial charge in [0.1, 0.15) is 0 Å². The predicted octanol–water partition coefficient (Wildman–Crippen LogP) is 4.40. The molecule has 0 amide bonds. The molecule has 0 heterocycles. The fourth-order valence-electron chi connectivity index (χ4n) is 2.10. The maximum atomic E-state index is 14.4. The molecule has 0 aliphatic heterocycles. The number of benzene rings is 1. The SMILES string of the molecule is CC(C)CN(CC(C)C)c1ccc(C(=O)O)c(Br)c1F. The van der Waals surface area contributed by atoms with Crippen LogP contribution in [0.2, 0.25) is 0 Å². The van der Waals surface area contributed by atoms with Crippen molar-refractivity contribution < 1.29 is 14.3 Å².